The van der Waals surface area contributed by atoms with Gasteiger partial charge in [0.2, 0.25) is 11.8 Å². The summed E-state index contributed by atoms with van der Waals surface area (Å²) in [5.41, 5.74) is 3.47. The van der Waals surface area contributed by atoms with E-state index >= 15 is 0 Å². The summed E-state index contributed by atoms with van der Waals surface area (Å²) >= 11 is 13.2. The standard InChI is InChI=1S/C36H39Cl2N3O4S/c1-25(2)22-39-36(43)34(21-28-12-7-5-8-13-28)40(23-31-32(37)16-11-17-33(31)38)35(42)24-41(29-19-18-26(3)27(4)20-29)46(44,45)30-14-9-6-10-15-30/h5-20,25,34H,21-24H2,1-4H3,(H,39,43). The smallest absolute Gasteiger partial charge is 0.264 e. The van der Waals surface area contributed by atoms with Crippen molar-refractivity contribution in [3.8, 4) is 0 Å². The fourth-order valence-corrected chi connectivity index (χ4v) is 6.90. The summed E-state index contributed by atoms with van der Waals surface area (Å²) in [5.74, 6) is -0.785. The molecule has 10 heteroatoms. The van der Waals surface area contributed by atoms with E-state index < -0.39 is 28.5 Å². The van der Waals surface area contributed by atoms with E-state index in [1.807, 2.05) is 64.1 Å². The molecule has 0 spiro atoms. The second-order valence-corrected chi connectivity index (χ2v) is 14.3. The fourth-order valence-electron chi connectivity index (χ4n) is 4.96. The molecule has 0 bridgehead atoms. The predicted octanol–water partition coefficient (Wildman–Crippen LogP) is 7.22. The fraction of sp³-hybridized carbons (Fsp3) is 0.278. The van der Waals surface area contributed by atoms with E-state index in [4.69, 9.17) is 23.2 Å². The number of nitrogens with one attached hydrogen (secondary N) is 1. The molecule has 0 fully saturated rings. The van der Waals surface area contributed by atoms with Crippen molar-refractivity contribution in [2.75, 3.05) is 17.4 Å². The summed E-state index contributed by atoms with van der Waals surface area (Å²) in [6.07, 6.45) is 0.188. The lowest BCUT2D eigenvalue weighted by atomic mass is 10.0. The number of hydrogen-bond acceptors (Lipinski definition) is 4. The normalized spacial score (nSPS) is 12.1. The van der Waals surface area contributed by atoms with E-state index in [2.05, 4.69) is 5.32 Å². The molecule has 4 rings (SSSR count). The van der Waals surface area contributed by atoms with Gasteiger partial charge in [-0.3, -0.25) is 13.9 Å². The Balaban J connectivity index is 1.84. The average molecular weight is 681 g/mol. The van der Waals surface area contributed by atoms with Gasteiger partial charge in [-0.2, -0.15) is 0 Å². The molecule has 0 saturated carbocycles. The van der Waals surface area contributed by atoms with Crippen LogP contribution in [0.4, 0.5) is 5.69 Å². The number of benzene rings is 4. The van der Waals surface area contributed by atoms with E-state index in [1.54, 1.807) is 48.5 Å². The Hall–Kier alpha value is -3.85. The van der Waals surface area contributed by atoms with E-state index in [-0.39, 0.29) is 29.7 Å². The highest BCUT2D eigenvalue weighted by atomic mass is 35.5. The topological polar surface area (TPSA) is 86.8 Å². The van der Waals surface area contributed by atoms with E-state index in [1.165, 1.54) is 17.0 Å². The maximum absolute atomic E-state index is 14.6. The van der Waals surface area contributed by atoms with Crippen LogP contribution in [0, 0.1) is 19.8 Å². The number of amides is 2. The van der Waals surface area contributed by atoms with Crippen LogP contribution in [0.3, 0.4) is 0 Å². The Bertz CT molecular complexity index is 1750. The van der Waals surface area contributed by atoms with Gasteiger partial charge in [0, 0.05) is 35.1 Å². The van der Waals surface area contributed by atoms with Crippen molar-refractivity contribution in [1.82, 2.24) is 10.2 Å². The summed E-state index contributed by atoms with van der Waals surface area (Å²) < 4.78 is 29.4. The molecule has 2 amide bonds. The number of rotatable bonds is 13. The van der Waals surface area contributed by atoms with Crippen LogP contribution in [0.1, 0.15) is 36.1 Å². The van der Waals surface area contributed by atoms with Crippen molar-refractivity contribution in [1.29, 1.82) is 0 Å². The van der Waals surface area contributed by atoms with Crippen LogP contribution in [0.25, 0.3) is 0 Å². The lowest BCUT2D eigenvalue weighted by Crippen LogP contribution is -2.53. The number of nitrogens with zero attached hydrogens (tertiary/aromatic N) is 2. The first-order valence-corrected chi connectivity index (χ1v) is 17.3. The third kappa shape index (κ3) is 8.69. The highest BCUT2D eigenvalue weighted by Gasteiger charge is 2.35. The number of sulfonamides is 1. The van der Waals surface area contributed by atoms with Gasteiger partial charge in [-0.1, -0.05) is 97.7 Å². The molecule has 0 radical (unpaired) electrons. The SMILES string of the molecule is Cc1ccc(N(CC(=O)N(Cc2c(Cl)cccc2Cl)C(Cc2ccccc2)C(=O)NCC(C)C)S(=O)(=O)c2ccccc2)cc1C. The molecule has 0 saturated heterocycles. The van der Waals surface area contributed by atoms with Crippen LogP contribution in [0.15, 0.2) is 102 Å². The maximum Gasteiger partial charge on any atom is 0.264 e. The molecule has 0 aliphatic heterocycles. The molecular weight excluding hydrogens is 641 g/mol. The zero-order valence-corrected chi connectivity index (χ0v) is 28.7. The number of carbonyl (C=O) groups excluding carboxylic acids is 2. The molecular formula is C36H39Cl2N3O4S. The Morgan fingerprint density at radius 3 is 2.00 bits per heavy atom. The minimum absolute atomic E-state index is 0.0391. The van der Waals surface area contributed by atoms with Gasteiger partial charge >= 0.3 is 0 Å². The molecule has 7 nitrogen and oxygen atoms in total. The first kappa shape index (κ1) is 35.0. The first-order chi connectivity index (χ1) is 21.9. The minimum Gasteiger partial charge on any atom is -0.354 e. The number of carbonyl (C=O) groups is 2. The van der Waals surface area contributed by atoms with Gasteiger partial charge in [0.15, 0.2) is 0 Å². The molecule has 1 N–H and O–H groups in total. The van der Waals surface area contributed by atoms with Gasteiger partial charge in [-0.15, -0.1) is 0 Å². The van der Waals surface area contributed by atoms with Gasteiger partial charge in [0.1, 0.15) is 12.6 Å². The van der Waals surface area contributed by atoms with Gasteiger partial charge in [-0.25, -0.2) is 8.42 Å². The molecule has 0 heterocycles. The summed E-state index contributed by atoms with van der Waals surface area (Å²) in [7, 11) is -4.19. The molecule has 4 aromatic carbocycles. The van der Waals surface area contributed by atoms with Crippen molar-refractivity contribution in [2.45, 2.75) is 51.6 Å². The van der Waals surface area contributed by atoms with E-state index in [0.717, 1.165) is 21.0 Å². The Morgan fingerprint density at radius 2 is 1.41 bits per heavy atom. The maximum atomic E-state index is 14.6. The van der Waals surface area contributed by atoms with Gasteiger partial charge in [-0.05, 0) is 72.9 Å². The molecule has 242 valence electrons. The molecule has 0 aliphatic carbocycles. The number of aryl methyl sites for hydroxylation is 2. The second kappa shape index (κ2) is 15.6. The summed E-state index contributed by atoms with van der Waals surface area (Å²) in [6.45, 7) is 7.49. The minimum atomic E-state index is -4.19. The zero-order chi connectivity index (χ0) is 33.4. The molecule has 4 aromatic rings. The largest absolute Gasteiger partial charge is 0.354 e. The third-order valence-electron chi connectivity index (χ3n) is 7.73. The molecule has 1 unspecified atom stereocenters. The van der Waals surface area contributed by atoms with Gasteiger partial charge in [0.05, 0.1) is 10.6 Å². The lowest BCUT2D eigenvalue weighted by molar-refractivity contribution is -0.140. The summed E-state index contributed by atoms with van der Waals surface area (Å²) in [4.78, 5) is 30.0. The van der Waals surface area contributed by atoms with Gasteiger partial charge in [0.25, 0.3) is 10.0 Å². The molecule has 0 aromatic heterocycles. The number of anilines is 1. The van der Waals surface area contributed by atoms with E-state index in [0.29, 0.717) is 27.8 Å². The molecule has 1 atom stereocenters. The van der Waals surface area contributed by atoms with Crippen LogP contribution in [0.5, 0.6) is 0 Å². The van der Waals surface area contributed by atoms with Crippen LogP contribution in [-0.4, -0.2) is 44.3 Å². The van der Waals surface area contributed by atoms with Crippen molar-refractivity contribution >= 4 is 50.7 Å². The highest BCUT2D eigenvalue weighted by molar-refractivity contribution is 7.92. The first-order valence-electron chi connectivity index (χ1n) is 15.1. The van der Waals surface area contributed by atoms with Crippen LogP contribution < -0.4 is 9.62 Å². The molecule has 0 aliphatic rings. The Kier molecular flexibility index (Phi) is 11.9. The van der Waals surface area contributed by atoms with Gasteiger partial charge < -0.3 is 10.2 Å². The summed E-state index contributed by atoms with van der Waals surface area (Å²) in [6, 6.07) is 26.6. The van der Waals surface area contributed by atoms with Crippen molar-refractivity contribution in [2.24, 2.45) is 5.92 Å². The third-order valence-corrected chi connectivity index (χ3v) is 10.2. The quantitative estimate of drug-likeness (QED) is 0.162. The van der Waals surface area contributed by atoms with Crippen molar-refractivity contribution in [3.05, 3.63) is 129 Å². The highest BCUT2D eigenvalue weighted by Crippen LogP contribution is 2.29. The van der Waals surface area contributed by atoms with Crippen LogP contribution in [-0.2, 0) is 32.6 Å². The van der Waals surface area contributed by atoms with Crippen molar-refractivity contribution < 1.29 is 18.0 Å². The monoisotopic (exact) mass is 679 g/mol. The average Bonchev–Trinajstić information content (AvgIpc) is 3.03. The zero-order valence-electron chi connectivity index (χ0n) is 26.4. The predicted molar refractivity (Wildman–Crippen MR) is 186 cm³/mol. The van der Waals surface area contributed by atoms with E-state index in [9.17, 15) is 18.0 Å². The summed E-state index contributed by atoms with van der Waals surface area (Å²) in [5, 5.41) is 3.63. The lowest BCUT2D eigenvalue weighted by Gasteiger charge is -2.34. The Morgan fingerprint density at radius 1 is 0.804 bits per heavy atom. The van der Waals surface area contributed by atoms with Crippen molar-refractivity contribution in [3.63, 3.8) is 0 Å². The number of halogens is 2. The molecule has 46 heavy (non-hydrogen) atoms. The van der Waals surface area contributed by atoms with Crippen LogP contribution in [0.2, 0.25) is 10.0 Å². The van der Waals surface area contributed by atoms with Crippen LogP contribution >= 0.6 is 23.2 Å². The Labute approximate surface area is 282 Å². The number of hydrogen-bond donors (Lipinski definition) is 1. The second-order valence-electron chi connectivity index (χ2n) is 11.7.